The second kappa shape index (κ2) is 8.82. The summed E-state index contributed by atoms with van der Waals surface area (Å²) in [6.45, 7) is 1.71. The molecule has 4 N–H and O–H groups in total. The van der Waals surface area contributed by atoms with Crippen LogP contribution in [0.5, 0.6) is 0 Å². The molecule has 1 atom stereocenters. The molecule has 174 valence electrons. The highest BCUT2D eigenvalue weighted by molar-refractivity contribution is 6.05. The van der Waals surface area contributed by atoms with Crippen LogP contribution in [0.1, 0.15) is 46.7 Å². The van der Waals surface area contributed by atoms with Gasteiger partial charge in [0.2, 0.25) is 5.91 Å². The fourth-order valence-electron chi connectivity index (χ4n) is 5.45. The Morgan fingerprint density at radius 1 is 1.03 bits per heavy atom. The molecule has 5 rings (SSSR count). The number of amides is 2. The number of pyridine rings is 1. The van der Waals surface area contributed by atoms with Crippen LogP contribution in [0.4, 0.5) is 17.2 Å². The Labute approximate surface area is 199 Å². The number of piperidine rings is 1. The average molecular weight is 456 g/mol. The van der Waals surface area contributed by atoms with Crippen LogP contribution in [0, 0.1) is 0 Å². The molecule has 7 heteroatoms. The van der Waals surface area contributed by atoms with Crippen molar-refractivity contribution in [1.82, 2.24) is 10.3 Å². The maximum Gasteiger partial charge on any atom is 0.257 e. The lowest BCUT2D eigenvalue weighted by Crippen LogP contribution is -2.42. The highest BCUT2D eigenvalue weighted by Gasteiger charge is 2.47. The molecule has 1 aliphatic heterocycles. The molecule has 0 radical (unpaired) electrons. The molecule has 0 saturated carbocycles. The number of carbonyl (C=O) groups excluding carboxylic acids is 2. The quantitative estimate of drug-likeness (QED) is 0.521. The first-order chi connectivity index (χ1) is 16.5. The number of benzene rings is 2. The van der Waals surface area contributed by atoms with E-state index < -0.39 is 0 Å². The molecule has 3 aromatic rings. The van der Waals surface area contributed by atoms with Gasteiger partial charge in [0.15, 0.2) is 0 Å². The zero-order chi connectivity index (χ0) is 23.7. The summed E-state index contributed by atoms with van der Waals surface area (Å²) < 4.78 is 0. The Morgan fingerprint density at radius 3 is 2.47 bits per heavy atom. The van der Waals surface area contributed by atoms with Gasteiger partial charge >= 0.3 is 0 Å². The number of para-hydroxylation sites is 2. The number of nitrogens with two attached hydrogens (primary N) is 1. The number of nitrogens with one attached hydrogen (secondary N) is 2. The molecule has 0 unspecified atom stereocenters. The number of likely N-dealkylation sites (N-methyl/N-ethyl adjacent to an activating group) is 1. The van der Waals surface area contributed by atoms with Crippen LogP contribution in [-0.2, 0) is 10.2 Å². The van der Waals surface area contributed by atoms with Gasteiger partial charge in [-0.25, -0.2) is 4.98 Å². The Hall–Kier alpha value is -3.87. The summed E-state index contributed by atoms with van der Waals surface area (Å²) in [6, 6.07) is 19.3. The fourth-order valence-corrected chi connectivity index (χ4v) is 5.45. The van der Waals surface area contributed by atoms with Gasteiger partial charge in [-0.3, -0.25) is 9.59 Å². The van der Waals surface area contributed by atoms with Gasteiger partial charge in [-0.2, -0.15) is 0 Å². The number of fused-ring (bicyclic) bond motifs is 2. The third-order valence-electron chi connectivity index (χ3n) is 7.33. The molecule has 7 nitrogen and oxygen atoms in total. The van der Waals surface area contributed by atoms with Gasteiger partial charge in [-0.15, -0.1) is 0 Å². The highest BCUT2D eigenvalue weighted by atomic mass is 16.2. The predicted molar refractivity (Wildman–Crippen MR) is 134 cm³/mol. The summed E-state index contributed by atoms with van der Waals surface area (Å²) in [5.74, 6) is 0.638. The third-order valence-corrected chi connectivity index (χ3v) is 7.33. The summed E-state index contributed by atoms with van der Waals surface area (Å²) in [7, 11) is 1.71. The summed E-state index contributed by atoms with van der Waals surface area (Å²) in [5, 5.41) is 5.67. The lowest BCUT2D eigenvalue weighted by Gasteiger charge is -2.41. The predicted octanol–water partition coefficient (Wildman–Crippen LogP) is 3.69. The zero-order valence-corrected chi connectivity index (χ0v) is 19.3. The molecular weight excluding hydrogens is 426 g/mol. The number of hydrogen-bond acceptors (Lipinski definition) is 5. The van der Waals surface area contributed by atoms with Gasteiger partial charge in [0, 0.05) is 31.7 Å². The van der Waals surface area contributed by atoms with Gasteiger partial charge in [0.25, 0.3) is 5.91 Å². The van der Waals surface area contributed by atoms with Gasteiger partial charge in [-0.1, -0.05) is 36.4 Å². The van der Waals surface area contributed by atoms with E-state index in [9.17, 15) is 9.59 Å². The van der Waals surface area contributed by atoms with Gasteiger partial charge in [0.1, 0.15) is 5.82 Å². The second-order valence-electron chi connectivity index (χ2n) is 9.17. The summed E-state index contributed by atoms with van der Waals surface area (Å²) in [6.07, 6.45) is 4.40. The molecular formula is C27H29N5O2. The first-order valence-corrected chi connectivity index (χ1v) is 11.7. The smallest absolute Gasteiger partial charge is 0.257 e. The van der Waals surface area contributed by atoms with E-state index in [1.807, 2.05) is 24.3 Å². The van der Waals surface area contributed by atoms with E-state index >= 15 is 0 Å². The van der Waals surface area contributed by atoms with Crippen molar-refractivity contribution in [3.05, 3.63) is 83.6 Å². The van der Waals surface area contributed by atoms with Crippen LogP contribution in [0.3, 0.4) is 0 Å². The Bertz CT molecular complexity index is 1220. The Kier molecular flexibility index (Phi) is 5.69. The third kappa shape index (κ3) is 3.87. The van der Waals surface area contributed by atoms with E-state index in [0.717, 1.165) is 38.2 Å². The fraction of sp³-hybridized carbons (Fsp3) is 0.296. The number of nitrogen functional groups attached to an aromatic ring is 1. The minimum atomic E-state index is -0.239. The van der Waals surface area contributed by atoms with Gasteiger partial charge in [0.05, 0.1) is 22.9 Å². The van der Waals surface area contributed by atoms with Crippen LogP contribution >= 0.6 is 0 Å². The number of aromatic nitrogens is 1. The molecule has 1 aromatic heterocycles. The summed E-state index contributed by atoms with van der Waals surface area (Å²) in [5.41, 5.74) is 10.0. The van der Waals surface area contributed by atoms with Crippen molar-refractivity contribution in [3.63, 3.8) is 0 Å². The normalized spacial score (nSPS) is 18.4. The zero-order valence-electron chi connectivity index (χ0n) is 19.3. The van der Waals surface area contributed by atoms with Crippen LogP contribution in [0.15, 0.2) is 66.9 Å². The van der Waals surface area contributed by atoms with Crippen LogP contribution < -0.4 is 21.3 Å². The molecule has 2 aliphatic rings. The summed E-state index contributed by atoms with van der Waals surface area (Å²) >= 11 is 0. The minimum Gasteiger partial charge on any atom is -0.397 e. The van der Waals surface area contributed by atoms with E-state index in [-0.39, 0.29) is 23.1 Å². The van der Waals surface area contributed by atoms with Crippen LogP contribution in [-0.4, -0.2) is 36.9 Å². The number of rotatable bonds is 4. The van der Waals surface area contributed by atoms with E-state index in [2.05, 4.69) is 38.7 Å². The van der Waals surface area contributed by atoms with Crippen molar-refractivity contribution >= 4 is 29.0 Å². The van der Waals surface area contributed by atoms with Crippen LogP contribution in [0.2, 0.25) is 0 Å². The van der Waals surface area contributed by atoms with Crippen molar-refractivity contribution in [1.29, 1.82) is 0 Å². The lowest BCUT2D eigenvalue weighted by molar-refractivity contribution is -0.122. The van der Waals surface area contributed by atoms with Crippen molar-refractivity contribution in [2.24, 2.45) is 0 Å². The number of carbonyl (C=O) groups is 2. The standard InChI is InChI=1S/C27H29N5O2/c1-29-26(34)20-16-27(21-7-3-2-6-19(20)21)12-14-32(15-13-27)24-11-10-18(17-30-24)25(33)31-23-9-5-4-8-22(23)28/h2-11,17,20H,12-16,28H2,1H3,(H,29,34)(H,31,33)/t20-/m1/s1. The molecule has 1 fully saturated rings. The monoisotopic (exact) mass is 455 g/mol. The second-order valence-corrected chi connectivity index (χ2v) is 9.17. The van der Waals surface area contributed by atoms with Gasteiger partial charge in [-0.05, 0) is 54.7 Å². The van der Waals surface area contributed by atoms with Crippen molar-refractivity contribution in [2.75, 3.05) is 36.1 Å². The maximum atomic E-state index is 12.6. The van der Waals surface area contributed by atoms with E-state index in [0.29, 0.717) is 16.9 Å². The largest absolute Gasteiger partial charge is 0.397 e. The molecule has 1 aliphatic carbocycles. The first kappa shape index (κ1) is 21.9. The van der Waals surface area contributed by atoms with Gasteiger partial charge < -0.3 is 21.3 Å². The summed E-state index contributed by atoms with van der Waals surface area (Å²) in [4.78, 5) is 32.0. The van der Waals surface area contributed by atoms with Crippen molar-refractivity contribution in [2.45, 2.75) is 30.6 Å². The highest BCUT2D eigenvalue weighted by Crippen LogP contribution is 2.51. The molecule has 2 heterocycles. The van der Waals surface area contributed by atoms with E-state index in [4.69, 9.17) is 5.73 Å². The number of anilines is 3. The van der Waals surface area contributed by atoms with Crippen molar-refractivity contribution < 1.29 is 9.59 Å². The Balaban J connectivity index is 1.27. The van der Waals surface area contributed by atoms with Crippen molar-refractivity contribution in [3.8, 4) is 0 Å². The minimum absolute atomic E-state index is 0.0275. The molecule has 1 saturated heterocycles. The Morgan fingerprint density at radius 2 is 1.76 bits per heavy atom. The molecule has 1 spiro atoms. The molecule has 34 heavy (non-hydrogen) atoms. The van der Waals surface area contributed by atoms with E-state index in [1.54, 1.807) is 31.4 Å². The lowest BCUT2D eigenvalue weighted by atomic mass is 9.73. The molecule has 2 aromatic carbocycles. The molecule has 0 bridgehead atoms. The average Bonchev–Trinajstić information content (AvgIpc) is 3.19. The number of nitrogens with zero attached hydrogens (tertiary/aromatic N) is 2. The molecule has 2 amide bonds. The first-order valence-electron chi connectivity index (χ1n) is 11.7. The topological polar surface area (TPSA) is 100 Å². The van der Waals surface area contributed by atoms with E-state index in [1.165, 1.54) is 11.1 Å². The maximum absolute atomic E-state index is 12.6. The SMILES string of the molecule is CNC(=O)[C@@H]1CC2(CCN(c3ccc(C(=O)Nc4ccccc4N)cn3)CC2)c2ccccc21. The number of hydrogen-bond donors (Lipinski definition) is 3. The van der Waals surface area contributed by atoms with Crippen LogP contribution in [0.25, 0.3) is 0 Å².